The van der Waals surface area contributed by atoms with Crippen molar-refractivity contribution in [2.24, 2.45) is 0 Å². The van der Waals surface area contributed by atoms with E-state index < -0.39 is 22.0 Å². The van der Waals surface area contributed by atoms with E-state index in [-0.39, 0.29) is 22.2 Å². The van der Waals surface area contributed by atoms with Gasteiger partial charge in [0.2, 0.25) is 5.91 Å². The molecule has 168 valence electrons. The van der Waals surface area contributed by atoms with Crippen LogP contribution in [0, 0.1) is 5.82 Å². The van der Waals surface area contributed by atoms with Gasteiger partial charge in [0.25, 0.3) is 15.9 Å². The van der Waals surface area contributed by atoms with Crippen LogP contribution >= 0.6 is 0 Å². The first-order valence-electron chi connectivity index (χ1n) is 10.0. The average Bonchev–Trinajstić information content (AvgIpc) is 3.24. The van der Waals surface area contributed by atoms with E-state index in [1.165, 1.54) is 42.5 Å². The first kappa shape index (κ1) is 22.2. The molecule has 2 amide bonds. The van der Waals surface area contributed by atoms with Crippen LogP contribution in [-0.2, 0) is 14.8 Å². The molecule has 0 saturated carbocycles. The fourth-order valence-corrected chi connectivity index (χ4v) is 4.38. The maximum atomic E-state index is 13.9. The number of carbonyl (C=O) groups excluding carboxylic acids is 2. The van der Waals surface area contributed by atoms with Crippen LogP contribution in [0.3, 0.4) is 0 Å². The van der Waals surface area contributed by atoms with Gasteiger partial charge in [-0.05, 0) is 61.5 Å². The number of nitrogens with one attached hydrogen (secondary N) is 2. The largest absolute Gasteiger partial charge is 0.335 e. The summed E-state index contributed by atoms with van der Waals surface area (Å²) in [5.41, 5.74) is 1.19. The molecule has 2 N–H and O–H groups in total. The topological polar surface area (TPSA) is 97.3 Å². The number of benzene rings is 3. The van der Waals surface area contributed by atoms with E-state index >= 15 is 0 Å². The van der Waals surface area contributed by atoms with Gasteiger partial charge in [0.15, 0.2) is 0 Å². The second-order valence-corrected chi connectivity index (χ2v) is 9.07. The first-order chi connectivity index (χ1) is 15.8. The van der Waals surface area contributed by atoms with Crippen molar-refractivity contribution in [3.05, 3.63) is 96.4 Å². The molecule has 9 heteroatoms. The SMILES string of the molecule is C[C@H](C(=O)Nc1ccc(S(=O)(=O)NC(=O)c2ccccc2)cc1)n1ccc2c(F)cccc21. The van der Waals surface area contributed by atoms with Crippen LogP contribution in [0.1, 0.15) is 23.3 Å². The molecule has 0 aliphatic rings. The van der Waals surface area contributed by atoms with Crippen LogP contribution in [0.25, 0.3) is 10.9 Å². The van der Waals surface area contributed by atoms with Crippen molar-refractivity contribution >= 4 is 38.4 Å². The zero-order valence-electron chi connectivity index (χ0n) is 17.5. The van der Waals surface area contributed by atoms with Crippen LogP contribution in [-0.4, -0.2) is 24.8 Å². The molecule has 4 aromatic rings. The third-order valence-electron chi connectivity index (χ3n) is 5.20. The van der Waals surface area contributed by atoms with Crippen molar-refractivity contribution in [3.8, 4) is 0 Å². The molecule has 7 nitrogen and oxygen atoms in total. The lowest BCUT2D eigenvalue weighted by molar-refractivity contribution is -0.118. The second kappa shape index (κ2) is 8.87. The van der Waals surface area contributed by atoms with Crippen molar-refractivity contribution in [2.45, 2.75) is 17.9 Å². The van der Waals surface area contributed by atoms with Crippen molar-refractivity contribution in [1.29, 1.82) is 0 Å². The molecular formula is C24H20FN3O4S. The maximum absolute atomic E-state index is 13.9. The summed E-state index contributed by atoms with van der Waals surface area (Å²) in [5, 5.41) is 3.14. The highest BCUT2D eigenvalue weighted by atomic mass is 32.2. The number of sulfonamides is 1. The summed E-state index contributed by atoms with van der Waals surface area (Å²) >= 11 is 0. The molecule has 0 unspecified atom stereocenters. The molecule has 0 saturated heterocycles. The van der Waals surface area contributed by atoms with Gasteiger partial charge in [-0.2, -0.15) is 0 Å². The minimum Gasteiger partial charge on any atom is -0.335 e. The molecule has 0 aliphatic carbocycles. The zero-order valence-corrected chi connectivity index (χ0v) is 18.3. The smallest absolute Gasteiger partial charge is 0.264 e. The molecule has 0 spiro atoms. The van der Waals surface area contributed by atoms with Gasteiger partial charge >= 0.3 is 0 Å². The number of halogens is 1. The van der Waals surface area contributed by atoms with Gasteiger partial charge in [-0.3, -0.25) is 9.59 Å². The number of rotatable bonds is 6. The van der Waals surface area contributed by atoms with Gasteiger partial charge in [0.1, 0.15) is 11.9 Å². The van der Waals surface area contributed by atoms with E-state index in [0.29, 0.717) is 16.6 Å². The van der Waals surface area contributed by atoms with E-state index in [0.717, 1.165) is 0 Å². The summed E-state index contributed by atoms with van der Waals surface area (Å²) in [6, 6.07) is 19.1. The van der Waals surface area contributed by atoms with Crippen molar-refractivity contribution in [3.63, 3.8) is 0 Å². The summed E-state index contributed by atoms with van der Waals surface area (Å²) in [6.45, 7) is 1.68. The number of fused-ring (bicyclic) bond motifs is 1. The van der Waals surface area contributed by atoms with E-state index in [2.05, 4.69) is 5.32 Å². The first-order valence-corrected chi connectivity index (χ1v) is 11.5. The van der Waals surface area contributed by atoms with Crippen molar-refractivity contribution in [1.82, 2.24) is 9.29 Å². The molecule has 0 aliphatic heterocycles. The molecular weight excluding hydrogens is 445 g/mol. The number of carbonyl (C=O) groups is 2. The standard InChI is InChI=1S/C24H20FN3O4S/c1-16(28-15-14-20-21(25)8-5-9-22(20)28)23(29)26-18-10-12-19(13-11-18)33(31,32)27-24(30)17-6-3-2-4-7-17/h2-16H,1H3,(H,26,29)(H,27,30)/t16-/m1/s1. The number of aromatic nitrogens is 1. The zero-order chi connectivity index (χ0) is 23.6. The van der Waals surface area contributed by atoms with E-state index in [1.807, 2.05) is 4.72 Å². The van der Waals surface area contributed by atoms with E-state index in [9.17, 15) is 22.4 Å². The highest BCUT2D eigenvalue weighted by Gasteiger charge is 2.20. The minimum atomic E-state index is -4.08. The van der Waals surface area contributed by atoms with Gasteiger partial charge in [-0.25, -0.2) is 17.5 Å². The molecule has 0 radical (unpaired) electrons. The van der Waals surface area contributed by atoms with Crippen LogP contribution in [0.15, 0.2) is 90.0 Å². The Labute approximate surface area is 189 Å². The second-order valence-electron chi connectivity index (χ2n) is 7.39. The van der Waals surface area contributed by atoms with Crippen molar-refractivity contribution in [2.75, 3.05) is 5.32 Å². The third-order valence-corrected chi connectivity index (χ3v) is 6.55. The van der Waals surface area contributed by atoms with Crippen LogP contribution in [0.4, 0.5) is 10.1 Å². The van der Waals surface area contributed by atoms with Gasteiger partial charge in [-0.1, -0.05) is 24.3 Å². The molecule has 0 fully saturated rings. The van der Waals surface area contributed by atoms with Gasteiger partial charge in [0.05, 0.1) is 10.4 Å². The Kier molecular flexibility index (Phi) is 5.97. The summed E-state index contributed by atoms with van der Waals surface area (Å²) in [7, 11) is -4.08. The lowest BCUT2D eigenvalue weighted by Gasteiger charge is -2.16. The Morgan fingerprint density at radius 2 is 1.61 bits per heavy atom. The number of anilines is 1. The van der Waals surface area contributed by atoms with Gasteiger partial charge in [0, 0.05) is 22.8 Å². The lowest BCUT2D eigenvalue weighted by Crippen LogP contribution is -2.30. The quantitative estimate of drug-likeness (QED) is 0.448. The van der Waals surface area contributed by atoms with Crippen LogP contribution in [0.2, 0.25) is 0 Å². The number of amides is 2. The fraction of sp³-hybridized carbons (Fsp3) is 0.0833. The van der Waals surface area contributed by atoms with Gasteiger partial charge in [-0.15, -0.1) is 0 Å². The molecule has 33 heavy (non-hydrogen) atoms. The van der Waals surface area contributed by atoms with Crippen LogP contribution < -0.4 is 10.0 Å². The summed E-state index contributed by atoms with van der Waals surface area (Å²) in [4.78, 5) is 24.8. The maximum Gasteiger partial charge on any atom is 0.264 e. The number of hydrogen-bond donors (Lipinski definition) is 2. The number of hydrogen-bond acceptors (Lipinski definition) is 4. The minimum absolute atomic E-state index is 0.121. The van der Waals surface area contributed by atoms with Gasteiger partial charge < -0.3 is 9.88 Å². The summed E-state index contributed by atoms with van der Waals surface area (Å²) in [6.07, 6.45) is 1.64. The lowest BCUT2D eigenvalue weighted by atomic mass is 10.2. The van der Waals surface area contributed by atoms with Crippen LogP contribution in [0.5, 0.6) is 0 Å². The Morgan fingerprint density at radius 3 is 2.30 bits per heavy atom. The Morgan fingerprint density at radius 1 is 0.909 bits per heavy atom. The average molecular weight is 466 g/mol. The molecule has 3 aromatic carbocycles. The fourth-order valence-electron chi connectivity index (χ4n) is 3.41. The normalized spacial score (nSPS) is 12.3. The Bertz CT molecular complexity index is 1430. The summed E-state index contributed by atoms with van der Waals surface area (Å²) < 4.78 is 42.6. The van der Waals surface area contributed by atoms with Crippen molar-refractivity contribution < 1.29 is 22.4 Å². The number of nitrogens with zero attached hydrogens (tertiary/aromatic N) is 1. The predicted molar refractivity (Wildman–Crippen MR) is 123 cm³/mol. The highest BCUT2D eigenvalue weighted by molar-refractivity contribution is 7.90. The molecule has 0 bridgehead atoms. The summed E-state index contributed by atoms with van der Waals surface area (Å²) in [5.74, 6) is -1.46. The molecule has 1 heterocycles. The Hall–Kier alpha value is -3.98. The van der Waals surface area contributed by atoms with E-state index in [1.54, 1.807) is 54.1 Å². The Balaban J connectivity index is 1.46. The molecule has 1 aromatic heterocycles. The van der Waals surface area contributed by atoms with E-state index in [4.69, 9.17) is 0 Å². The molecule has 4 rings (SSSR count). The monoisotopic (exact) mass is 465 g/mol. The third kappa shape index (κ3) is 4.63. The molecule has 1 atom stereocenters. The highest BCUT2D eigenvalue weighted by Crippen LogP contribution is 2.24. The predicted octanol–water partition coefficient (Wildman–Crippen LogP) is 4.10.